The quantitative estimate of drug-likeness (QED) is 0.914. The van der Waals surface area contributed by atoms with Crippen LogP contribution in [-0.4, -0.2) is 31.4 Å². The Kier molecular flexibility index (Phi) is 3.67. The van der Waals surface area contributed by atoms with Gasteiger partial charge in [0, 0.05) is 5.56 Å². The van der Waals surface area contributed by atoms with Gasteiger partial charge in [0.2, 0.25) is 0 Å². The van der Waals surface area contributed by atoms with Gasteiger partial charge in [0.05, 0.1) is 17.0 Å². The van der Waals surface area contributed by atoms with Gasteiger partial charge >= 0.3 is 0 Å². The average molecular weight is 281 g/mol. The number of rotatable bonds is 3. The first-order valence-corrected chi connectivity index (χ1v) is 8.28. The molecule has 104 valence electrons. The van der Waals surface area contributed by atoms with E-state index >= 15 is 0 Å². The van der Waals surface area contributed by atoms with Crippen LogP contribution in [0.3, 0.4) is 0 Å². The van der Waals surface area contributed by atoms with Crippen molar-refractivity contribution in [3.8, 4) is 0 Å². The lowest BCUT2D eigenvalue weighted by Gasteiger charge is -2.23. The minimum atomic E-state index is -3.01. The van der Waals surface area contributed by atoms with Gasteiger partial charge in [0.1, 0.15) is 0 Å². The van der Waals surface area contributed by atoms with Crippen LogP contribution in [0.15, 0.2) is 24.3 Å². The molecule has 1 saturated heterocycles. The second-order valence-corrected chi connectivity index (χ2v) is 7.59. The summed E-state index contributed by atoms with van der Waals surface area (Å²) in [6, 6.07) is 7.40. The monoisotopic (exact) mass is 281 g/mol. The van der Waals surface area contributed by atoms with Crippen LogP contribution in [-0.2, 0) is 16.3 Å². The Labute approximate surface area is 114 Å². The van der Waals surface area contributed by atoms with Crippen molar-refractivity contribution in [3.63, 3.8) is 0 Å². The van der Waals surface area contributed by atoms with Gasteiger partial charge in [-0.05, 0) is 37.5 Å². The normalized spacial score (nSPS) is 25.2. The Morgan fingerprint density at radius 2 is 1.95 bits per heavy atom. The lowest BCUT2D eigenvalue weighted by Crippen LogP contribution is -2.46. The van der Waals surface area contributed by atoms with E-state index in [2.05, 4.69) is 12.2 Å². The third kappa shape index (κ3) is 3.35. The standard InChI is InChI=1S/C14H19NO3S/c1-3-11-4-6-12(7-5-11)13(16)15-14(2)8-9-19(17,18)10-14/h4-7H,3,8-10H2,1-2H3,(H,15,16)/t14-/m0/s1. The lowest BCUT2D eigenvalue weighted by molar-refractivity contribution is 0.0915. The number of hydrogen-bond acceptors (Lipinski definition) is 3. The van der Waals surface area contributed by atoms with Crippen molar-refractivity contribution in [1.29, 1.82) is 0 Å². The molecule has 1 aliphatic rings. The highest BCUT2D eigenvalue weighted by Crippen LogP contribution is 2.23. The molecule has 1 heterocycles. The molecule has 0 unspecified atom stereocenters. The van der Waals surface area contributed by atoms with E-state index in [0.29, 0.717) is 12.0 Å². The number of nitrogens with one attached hydrogen (secondary N) is 1. The van der Waals surface area contributed by atoms with Gasteiger partial charge in [-0.3, -0.25) is 4.79 Å². The molecule has 19 heavy (non-hydrogen) atoms. The molecule has 2 rings (SSSR count). The Bertz CT molecular complexity index is 577. The second kappa shape index (κ2) is 4.96. The first kappa shape index (κ1) is 14.1. The van der Waals surface area contributed by atoms with Crippen LogP contribution in [0.4, 0.5) is 0 Å². The van der Waals surface area contributed by atoms with Crippen molar-refractivity contribution < 1.29 is 13.2 Å². The van der Waals surface area contributed by atoms with E-state index in [1.807, 2.05) is 12.1 Å². The maximum atomic E-state index is 12.1. The van der Waals surface area contributed by atoms with Gasteiger partial charge in [-0.25, -0.2) is 8.42 Å². The van der Waals surface area contributed by atoms with Crippen LogP contribution in [0.5, 0.6) is 0 Å². The third-order valence-corrected chi connectivity index (χ3v) is 5.45. The minimum absolute atomic E-state index is 0.0266. The smallest absolute Gasteiger partial charge is 0.251 e. The number of hydrogen-bond donors (Lipinski definition) is 1. The van der Waals surface area contributed by atoms with Gasteiger partial charge < -0.3 is 5.32 Å². The van der Waals surface area contributed by atoms with Crippen LogP contribution < -0.4 is 5.32 Å². The highest BCUT2D eigenvalue weighted by molar-refractivity contribution is 7.91. The summed E-state index contributed by atoms with van der Waals surface area (Å²) in [5, 5.41) is 2.85. The van der Waals surface area contributed by atoms with E-state index in [9.17, 15) is 13.2 Å². The molecule has 1 atom stereocenters. The predicted molar refractivity (Wildman–Crippen MR) is 75.0 cm³/mol. The fraction of sp³-hybridized carbons (Fsp3) is 0.500. The molecule has 0 spiro atoms. The zero-order valence-corrected chi connectivity index (χ0v) is 12.1. The number of carbonyl (C=O) groups excluding carboxylic acids is 1. The van der Waals surface area contributed by atoms with Crippen molar-refractivity contribution in [2.45, 2.75) is 32.2 Å². The molecule has 1 aromatic rings. The molecular weight excluding hydrogens is 262 g/mol. The maximum absolute atomic E-state index is 12.1. The molecule has 5 heteroatoms. The lowest BCUT2D eigenvalue weighted by atomic mass is 10.0. The van der Waals surface area contributed by atoms with E-state index in [1.165, 1.54) is 5.56 Å². The maximum Gasteiger partial charge on any atom is 0.251 e. The fourth-order valence-corrected chi connectivity index (χ4v) is 4.44. The summed E-state index contributed by atoms with van der Waals surface area (Å²) in [5.74, 6) is -0.0283. The number of aryl methyl sites for hydroxylation is 1. The molecule has 1 N–H and O–H groups in total. The second-order valence-electron chi connectivity index (χ2n) is 5.41. The number of sulfone groups is 1. The summed E-state index contributed by atoms with van der Waals surface area (Å²) in [7, 11) is -3.01. The van der Waals surface area contributed by atoms with Crippen LogP contribution in [0, 0.1) is 0 Å². The van der Waals surface area contributed by atoms with Gasteiger partial charge in [0.25, 0.3) is 5.91 Å². The molecule has 1 fully saturated rings. The summed E-state index contributed by atoms with van der Waals surface area (Å²) in [5.41, 5.74) is 1.10. The van der Waals surface area contributed by atoms with Crippen LogP contribution in [0.25, 0.3) is 0 Å². The Balaban J connectivity index is 2.08. The fourth-order valence-electron chi connectivity index (χ4n) is 2.35. The van der Waals surface area contributed by atoms with Crippen molar-refractivity contribution in [3.05, 3.63) is 35.4 Å². The number of benzene rings is 1. The van der Waals surface area contributed by atoms with E-state index in [-0.39, 0.29) is 17.4 Å². The minimum Gasteiger partial charge on any atom is -0.346 e. The molecule has 0 aromatic heterocycles. The molecule has 1 aromatic carbocycles. The van der Waals surface area contributed by atoms with E-state index < -0.39 is 15.4 Å². The molecule has 1 aliphatic heterocycles. The van der Waals surface area contributed by atoms with E-state index in [0.717, 1.165) is 6.42 Å². The van der Waals surface area contributed by atoms with Crippen LogP contribution >= 0.6 is 0 Å². The van der Waals surface area contributed by atoms with E-state index in [4.69, 9.17) is 0 Å². The SMILES string of the molecule is CCc1ccc(C(=O)N[C@@]2(C)CCS(=O)(=O)C2)cc1. The summed E-state index contributed by atoms with van der Waals surface area (Å²) in [6.45, 7) is 3.84. The van der Waals surface area contributed by atoms with Crippen LogP contribution in [0.2, 0.25) is 0 Å². The molecular formula is C14H19NO3S. The van der Waals surface area contributed by atoms with Gasteiger partial charge in [-0.15, -0.1) is 0 Å². The summed E-state index contributed by atoms with van der Waals surface area (Å²) < 4.78 is 23.0. The largest absolute Gasteiger partial charge is 0.346 e. The Morgan fingerprint density at radius 1 is 1.32 bits per heavy atom. The Morgan fingerprint density at radius 3 is 2.42 bits per heavy atom. The number of carbonyl (C=O) groups is 1. The van der Waals surface area contributed by atoms with Gasteiger partial charge in [-0.1, -0.05) is 19.1 Å². The van der Waals surface area contributed by atoms with Gasteiger partial charge in [-0.2, -0.15) is 0 Å². The van der Waals surface area contributed by atoms with Crippen LogP contribution in [0.1, 0.15) is 36.2 Å². The molecule has 4 nitrogen and oxygen atoms in total. The van der Waals surface area contributed by atoms with Crippen molar-refractivity contribution in [1.82, 2.24) is 5.32 Å². The summed E-state index contributed by atoms with van der Waals surface area (Å²) in [6.07, 6.45) is 1.41. The summed E-state index contributed by atoms with van der Waals surface area (Å²) in [4.78, 5) is 12.1. The van der Waals surface area contributed by atoms with Crippen molar-refractivity contribution in [2.75, 3.05) is 11.5 Å². The topological polar surface area (TPSA) is 63.2 Å². The molecule has 0 aliphatic carbocycles. The summed E-state index contributed by atoms with van der Waals surface area (Å²) >= 11 is 0. The first-order valence-electron chi connectivity index (χ1n) is 6.45. The molecule has 0 bridgehead atoms. The van der Waals surface area contributed by atoms with Crippen molar-refractivity contribution >= 4 is 15.7 Å². The molecule has 0 radical (unpaired) electrons. The van der Waals surface area contributed by atoms with Gasteiger partial charge in [0.15, 0.2) is 9.84 Å². The highest BCUT2D eigenvalue weighted by atomic mass is 32.2. The number of amides is 1. The Hall–Kier alpha value is -1.36. The highest BCUT2D eigenvalue weighted by Gasteiger charge is 2.39. The zero-order chi connectivity index (χ0) is 14.1. The third-order valence-electron chi connectivity index (χ3n) is 3.54. The predicted octanol–water partition coefficient (Wildman–Crippen LogP) is 1.56. The molecule has 1 amide bonds. The first-order chi connectivity index (χ1) is 8.84. The molecule has 0 saturated carbocycles. The van der Waals surface area contributed by atoms with E-state index in [1.54, 1.807) is 19.1 Å². The van der Waals surface area contributed by atoms with Crippen molar-refractivity contribution in [2.24, 2.45) is 0 Å². The average Bonchev–Trinajstić information content (AvgIpc) is 2.63. The zero-order valence-electron chi connectivity index (χ0n) is 11.3.